The van der Waals surface area contributed by atoms with Gasteiger partial charge >= 0.3 is 0 Å². The standard InChI is InChI=1S/C15H23N7O2S/c23-11-2-1-4-21(10-11)5-3-16-14-15(22-6-8-25-9-7-22)18-13-12(17-14)19-24-20-13/h11,23H,1-10H2,(H,16,17,19)/t11-/m1/s1. The van der Waals surface area contributed by atoms with Crippen molar-refractivity contribution in [1.82, 2.24) is 25.2 Å². The number of aromatic nitrogens is 4. The van der Waals surface area contributed by atoms with Crippen molar-refractivity contribution in [2.24, 2.45) is 0 Å². The van der Waals surface area contributed by atoms with E-state index in [2.05, 4.69) is 35.4 Å². The van der Waals surface area contributed by atoms with Gasteiger partial charge in [0.05, 0.1) is 6.10 Å². The molecule has 10 heteroatoms. The summed E-state index contributed by atoms with van der Waals surface area (Å²) in [5.74, 6) is 3.72. The third kappa shape index (κ3) is 3.96. The molecule has 0 amide bonds. The average molecular weight is 365 g/mol. The number of hydrogen-bond donors (Lipinski definition) is 2. The van der Waals surface area contributed by atoms with Gasteiger partial charge in [-0.2, -0.15) is 11.8 Å². The molecule has 25 heavy (non-hydrogen) atoms. The molecule has 0 aromatic carbocycles. The van der Waals surface area contributed by atoms with E-state index < -0.39 is 0 Å². The summed E-state index contributed by atoms with van der Waals surface area (Å²) in [6, 6.07) is 0. The number of β-amino-alcohol motifs (C(OH)–C–C–N with tert-alkyl or cyclic N) is 1. The van der Waals surface area contributed by atoms with Crippen molar-refractivity contribution in [3.63, 3.8) is 0 Å². The number of anilines is 2. The number of hydrogen-bond acceptors (Lipinski definition) is 10. The van der Waals surface area contributed by atoms with Gasteiger partial charge in [0.25, 0.3) is 0 Å². The second-order valence-electron chi connectivity index (χ2n) is 6.43. The molecule has 4 heterocycles. The Labute approximate surface area is 150 Å². The van der Waals surface area contributed by atoms with Gasteiger partial charge in [0.2, 0.25) is 11.3 Å². The van der Waals surface area contributed by atoms with Crippen molar-refractivity contribution >= 4 is 34.7 Å². The van der Waals surface area contributed by atoms with Crippen molar-refractivity contribution in [3.8, 4) is 0 Å². The number of likely N-dealkylation sites (tertiary alicyclic amines) is 1. The summed E-state index contributed by atoms with van der Waals surface area (Å²) in [6.07, 6.45) is 1.75. The highest BCUT2D eigenvalue weighted by Gasteiger charge is 2.21. The Morgan fingerprint density at radius 2 is 1.96 bits per heavy atom. The Balaban J connectivity index is 1.46. The minimum Gasteiger partial charge on any atom is -0.392 e. The zero-order valence-electron chi connectivity index (χ0n) is 14.1. The summed E-state index contributed by atoms with van der Waals surface area (Å²) >= 11 is 1.95. The smallest absolute Gasteiger partial charge is 0.245 e. The lowest BCUT2D eigenvalue weighted by Gasteiger charge is -2.30. The minimum absolute atomic E-state index is 0.201. The van der Waals surface area contributed by atoms with Gasteiger partial charge in [-0.15, -0.1) is 0 Å². The fourth-order valence-electron chi connectivity index (χ4n) is 3.31. The quantitative estimate of drug-likeness (QED) is 0.775. The predicted molar refractivity (Wildman–Crippen MR) is 97.1 cm³/mol. The first-order valence-electron chi connectivity index (χ1n) is 8.77. The number of piperidine rings is 1. The van der Waals surface area contributed by atoms with Gasteiger partial charge in [0.1, 0.15) is 0 Å². The van der Waals surface area contributed by atoms with Gasteiger partial charge in [-0.3, -0.25) is 4.90 Å². The minimum atomic E-state index is -0.201. The van der Waals surface area contributed by atoms with Crippen LogP contribution >= 0.6 is 11.8 Å². The summed E-state index contributed by atoms with van der Waals surface area (Å²) in [6.45, 7) is 5.28. The van der Waals surface area contributed by atoms with Crippen molar-refractivity contribution in [2.75, 3.05) is 61.0 Å². The first kappa shape index (κ1) is 16.8. The van der Waals surface area contributed by atoms with Crippen LogP contribution in [-0.4, -0.2) is 87.2 Å². The van der Waals surface area contributed by atoms with Crippen LogP contribution in [0.2, 0.25) is 0 Å². The Morgan fingerprint density at radius 3 is 2.76 bits per heavy atom. The number of aliphatic hydroxyl groups excluding tert-OH is 1. The molecular formula is C15H23N7O2S. The number of rotatable bonds is 5. The number of aliphatic hydroxyl groups is 1. The average Bonchev–Trinajstić information content (AvgIpc) is 3.09. The summed E-state index contributed by atoms with van der Waals surface area (Å²) in [7, 11) is 0. The molecule has 2 saturated heterocycles. The zero-order valence-corrected chi connectivity index (χ0v) is 14.9. The topological polar surface area (TPSA) is 103 Å². The molecule has 2 N–H and O–H groups in total. The van der Waals surface area contributed by atoms with E-state index in [1.807, 2.05) is 11.8 Å². The molecule has 2 aliphatic heterocycles. The number of nitrogens with zero attached hydrogens (tertiary/aromatic N) is 6. The van der Waals surface area contributed by atoms with Gasteiger partial charge in [-0.25, -0.2) is 14.6 Å². The molecule has 2 aromatic rings. The van der Waals surface area contributed by atoms with Crippen LogP contribution < -0.4 is 10.2 Å². The molecule has 0 saturated carbocycles. The first-order chi connectivity index (χ1) is 12.3. The molecule has 0 unspecified atom stereocenters. The van der Waals surface area contributed by atoms with Crippen LogP contribution in [0.25, 0.3) is 11.3 Å². The summed E-state index contributed by atoms with van der Waals surface area (Å²) < 4.78 is 4.76. The van der Waals surface area contributed by atoms with E-state index in [0.29, 0.717) is 11.3 Å². The molecular weight excluding hydrogens is 342 g/mol. The molecule has 2 aliphatic rings. The molecule has 0 bridgehead atoms. The van der Waals surface area contributed by atoms with E-state index in [-0.39, 0.29) is 6.10 Å². The van der Waals surface area contributed by atoms with Crippen LogP contribution in [0, 0.1) is 0 Å². The van der Waals surface area contributed by atoms with Crippen molar-refractivity contribution in [1.29, 1.82) is 0 Å². The van der Waals surface area contributed by atoms with Gasteiger partial charge in [0.15, 0.2) is 11.6 Å². The third-order valence-corrected chi connectivity index (χ3v) is 5.55. The number of nitrogens with one attached hydrogen (secondary N) is 1. The third-order valence-electron chi connectivity index (χ3n) is 4.61. The van der Waals surface area contributed by atoms with Crippen LogP contribution in [0.4, 0.5) is 11.6 Å². The highest BCUT2D eigenvalue weighted by atomic mass is 32.2. The number of thioether (sulfide) groups is 1. The molecule has 2 aromatic heterocycles. The highest BCUT2D eigenvalue weighted by molar-refractivity contribution is 7.99. The van der Waals surface area contributed by atoms with Crippen molar-refractivity contribution < 1.29 is 9.74 Å². The lowest BCUT2D eigenvalue weighted by Crippen LogP contribution is -2.40. The van der Waals surface area contributed by atoms with Gasteiger partial charge in [-0.1, -0.05) is 0 Å². The zero-order chi connectivity index (χ0) is 17.1. The van der Waals surface area contributed by atoms with Gasteiger partial charge in [-0.05, 0) is 29.7 Å². The van der Waals surface area contributed by atoms with E-state index in [9.17, 15) is 5.11 Å². The number of fused-ring (bicyclic) bond motifs is 1. The van der Waals surface area contributed by atoms with E-state index in [1.54, 1.807) is 0 Å². The molecule has 0 aliphatic carbocycles. The van der Waals surface area contributed by atoms with Crippen LogP contribution in [-0.2, 0) is 0 Å². The normalized spacial score (nSPS) is 22.4. The maximum Gasteiger partial charge on any atom is 0.245 e. The molecule has 0 spiro atoms. The second kappa shape index (κ2) is 7.71. The monoisotopic (exact) mass is 365 g/mol. The van der Waals surface area contributed by atoms with Crippen LogP contribution in [0.1, 0.15) is 12.8 Å². The Bertz CT molecular complexity index is 706. The Kier molecular flexibility index (Phi) is 5.18. The SMILES string of the molecule is O[C@@H]1CCCN(CCNc2nc3nonc3nc2N2CCSCC2)C1. The lowest BCUT2D eigenvalue weighted by atomic mass is 10.1. The Morgan fingerprint density at radius 1 is 1.16 bits per heavy atom. The summed E-state index contributed by atoms with van der Waals surface area (Å²) in [5, 5.41) is 20.8. The van der Waals surface area contributed by atoms with E-state index >= 15 is 0 Å². The molecule has 136 valence electrons. The maximum atomic E-state index is 9.79. The molecule has 4 rings (SSSR count). The van der Waals surface area contributed by atoms with Crippen molar-refractivity contribution in [3.05, 3.63) is 0 Å². The molecule has 1 atom stereocenters. The first-order valence-corrected chi connectivity index (χ1v) is 9.92. The van der Waals surface area contributed by atoms with Gasteiger partial charge < -0.3 is 15.3 Å². The summed E-state index contributed by atoms with van der Waals surface area (Å²) in [4.78, 5) is 13.7. The second-order valence-corrected chi connectivity index (χ2v) is 7.65. The molecule has 0 radical (unpaired) electrons. The predicted octanol–water partition coefficient (Wildman–Crippen LogP) is 0.435. The van der Waals surface area contributed by atoms with Gasteiger partial charge in [0, 0.05) is 44.2 Å². The lowest BCUT2D eigenvalue weighted by molar-refractivity contribution is 0.0730. The highest BCUT2D eigenvalue weighted by Crippen LogP contribution is 2.26. The van der Waals surface area contributed by atoms with Crippen LogP contribution in [0.3, 0.4) is 0 Å². The molecule has 9 nitrogen and oxygen atoms in total. The molecule has 2 fully saturated rings. The Hall–Kier alpha value is -1.65. The van der Waals surface area contributed by atoms with E-state index in [0.717, 1.165) is 75.3 Å². The van der Waals surface area contributed by atoms with Crippen LogP contribution in [0.5, 0.6) is 0 Å². The summed E-state index contributed by atoms with van der Waals surface area (Å²) in [5.41, 5.74) is 0.865. The van der Waals surface area contributed by atoms with E-state index in [4.69, 9.17) is 4.63 Å². The maximum absolute atomic E-state index is 9.79. The van der Waals surface area contributed by atoms with Crippen molar-refractivity contribution in [2.45, 2.75) is 18.9 Å². The van der Waals surface area contributed by atoms with Crippen LogP contribution in [0.15, 0.2) is 4.63 Å². The van der Waals surface area contributed by atoms with E-state index in [1.165, 1.54) is 0 Å². The fourth-order valence-corrected chi connectivity index (χ4v) is 4.21. The largest absolute Gasteiger partial charge is 0.392 e. The fraction of sp³-hybridized carbons (Fsp3) is 0.733.